The summed E-state index contributed by atoms with van der Waals surface area (Å²) in [4.78, 5) is 0. The van der Waals surface area contributed by atoms with Crippen molar-refractivity contribution in [2.75, 3.05) is 0 Å². The molecule has 0 saturated heterocycles. The minimum atomic E-state index is 0. The summed E-state index contributed by atoms with van der Waals surface area (Å²) < 4.78 is 0. The standard InChI is InChI=1S/C7H6Cl.C5H5.Fe/c8-6-5-7-3-1-2-4-7;1-2-4-5-3-1;/h1-6H;1-5H;/q;;+2/b6-5-;;. The van der Waals surface area contributed by atoms with Crippen LogP contribution in [0.1, 0.15) is 0 Å². The van der Waals surface area contributed by atoms with Crippen LogP contribution in [0.15, 0.2) is 11.6 Å². The van der Waals surface area contributed by atoms with Gasteiger partial charge in [-0.15, -0.1) is 0 Å². The van der Waals surface area contributed by atoms with Gasteiger partial charge in [-0.25, -0.2) is 0 Å². The molecular formula is C12H11ClFe+2. The van der Waals surface area contributed by atoms with E-state index in [1.807, 2.05) is 63.9 Å². The Labute approximate surface area is 104 Å². The summed E-state index contributed by atoms with van der Waals surface area (Å²) in [5, 5.41) is 0. The summed E-state index contributed by atoms with van der Waals surface area (Å²) in [7, 11) is 0. The van der Waals surface area contributed by atoms with Gasteiger partial charge < -0.3 is 0 Å². The minimum Gasteiger partial charge on any atom is -0.0933 e. The molecule has 0 amide bonds. The average molecular weight is 247 g/mol. The Morgan fingerprint density at radius 3 is 1.57 bits per heavy atom. The fourth-order valence-corrected chi connectivity index (χ4v) is 1.04. The van der Waals surface area contributed by atoms with Crippen LogP contribution < -0.4 is 0 Å². The Hall–Kier alpha value is 0.549. The Balaban J connectivity index is 0.000000246. The van der Waals surface area contributed by atoms with Gasteiger partial charge in [-0.1, -0.05) is 17.7 Å². The molecule has 2 heteroatoms. The van der Waals surface area contributed by atoms with Gasteiger partial charge in [0, 0.05) is 11.5 Å². The van der Waals surface area contributed by atoms with Crippen LogP contribution in [0.2, 0.25) is 0 Å². The van der Waals surface area contributed by atoms with E-state index < -0.39 is 0 Å². The van der Waals surface area contributed by atoms with E-state index in [2.05, 4.69) is 0 Å². The molecule has 0 unspecified atom stereocenters. The molecule has 0 spiro atoms. The molecular weight excluding hydrogens is 235 g/mol. The second-order valence-electron chi connectivity index (χ2n) is 2.47. The van der Waals surface area contributed by atoms with Crippen LogP contribution in [-0.4, -0.2) is 0 Å². The fraction of sp³-hybridized carbons (Fsp3) is 0. The summed E-state index contributed by atoms with van der Waals surface area (Å²) in [6, 6.07) is 0. The van der Waals surface area contributed by atoms with Gasteiger partial charge in [-0.2, -0.15) is 0 Å². The van der Waals surface area contributed by atoms with Crippen molar-refractivity contribution in [2.45, 2.75) is 0 Å². The molecule has 2 aliphatic rings. The molecule has 0 nitrogen and oxygen atoms in total. The normalized spacial score (nSPS) is 21.8. The molecule has 0 aliphatic heterocycles. The third-order valence-corrected chi connectivity index (χ3v) is 1.63. The Morgan fingerprint density at radius 2 is 1.21 bits per heavy atom. The molecule has 0 bridgehead atoms. The van der Waals surface area contributed by atoms with Gasteiger partial charge in [0.25, 0.3) is 0 Å². The summed E-state index contributed by atoms with van der Waals surface area (Å²) in [5.74, 6) is 1.15. The first-order valence-electron chi connectivity index (χ1n) is 4.08. The number of hydrogen-bond donors (Lipinski definition) is 0. The van der Waals surface area contributed by atoms with Crippen molar-refractivity contribution in [3.8, 4) is 0 Å². The first kappa shape index (κ1) is 14.5. The second kappa shape index (κ2) is 10.1. The molecule has 0 aromatic heterocycles. The Kier molecular flexibility index (Phi) is 10.5. The monoisotopic (exact) mass is 246 g/mol. The van der Waals surface area contributed by atoms with Crippen LogP contribution >= 0.6 is 11.6 Å². The number of rotatable bonds is 1. The summed E-state index contributed by atoms with van der Waals surface area (Å²) in [5.41, 5.74) is 1.51. The SMILES string of the molecule is Cl/C=C\[C]1[CH][CH][CH][CH]1.[CH]1[CH][CH][CH][CH]1.[Fe+2]. The van der Waals surface area contributed by atoms with E-state index in [9.17, 15) is 0 Å². The van der Waals surface area contributed by atoms with Gasteiger partial charge in [0.05, 0.1) is 0 Å². The molecule has 0 heterocycles. The van der Waals surface area contributed by atoms with Gasteiger partial charge in [-0.05, 0) is 57.8 Å². The molecule has 0 atom stereocenters. The van der Waals surface area contributed by atoms with Crippen LogP contribution in [0.3, 0.4) is 0 Å². The third kappa shape index (κ3) is 6.92. The molecule has 2 rings (SSSR count). The van der Waals surface area contributed by atoms with E-state index in [0.717, 1.165) is 5.92 Å². The largest absolute Gasteiger partial charge is 2.00 e. The Morgan fingerprint density at radius 1 is 0.786 bits per heavy atom. The minimum absolute atomic E-state index is 0. The predicted molar refractivity (Wildman–Crippen MR) is 56.9 cm³/mol. The van der Waals surface area contributed by atoms with E-state index in [1.165, 1.54) is 5.54 Å². The van der Waals surface area contributed by atoms with Crippen molar-refractivity contribution in [1.29, 1.82) is 0 Å². The number of hydrogen-bond acceptors (Lipinski definition) is 0. The molecule has 0 N–H and O–H groups in total. The topological polar surface area (TPSA) is 0 Å². The average Bonchev–Trinajstić information content (AvgIpc) is 2.79. The van der Waals surface area contributed by atoms with Gasteiger partial charge >= 0.3 is 17.1 Å². The fourth-order valence-electron chi connectivity index (χ4n) is 0.893. The quantitative estimate of drug-likeness (QED) is 0.624. The molecule has 2 fully saturated rings. The van der Waals surface area contributed by atoms with Crippen LogP contribution in [0.5, 0.6) is 0 Å². The summed E-state index contributed by atoms with van der Waals surface area (Å²) in [6.45, 7) is 0. The zero-order chi connectivity index (χ0) is 9.36. The number of allylic oxidation sites excluding steroid dienone is 1. The van der Waals surface area contributed by atoms with E-state index >= 15 is 0 Å². The van der Waals surface area contributed by atoms with Gasteiger partial charge in [0.1, 0.15) is 0 Å². The Bertz CT molecular complexity index is 128. The molecule has 14 heavy (non-hydrogen) atoms. The predicted octanol–water partition coefficient (Wildman–Crippen LogP) is 3.16. The molecule has 72 valence electrons. The smallest absolute Gasteiger partial charge is 0.0933 e. The van der Waals surface area contributed by atoms with Crippen LogP contribution in [0, 0.1) is 63.7 Å². The van der Waals surface area contributed by atoms with Crippen molar-refractivity contribution in [3.05, 3.63) is 75.3 Å². The van der Waals surface area contributed by atoms with Crippen molar-refractivity contribution >= 4 is 11.6 Å². The van der Waals surface area contributed by atoms with Crippen LogP contribution in [-0.2, 0) is 17.1 Å². The van der Waals surface area contributed by atoms with E-state index in [-0.39, 0.29) is 17.1 Å². The van der Waals surface area contributed by atoms with Gasteiger partial charge in [0.2, 0.25) is 0 Å². The maximum absolute atomic E-state index is 5.31. The molecule has 0 aromatic carbocycles. The first-order chi connectivity index (χ1) is 6.43. The first-order valence-corrected chi connectivity index (χ1v) is 4.52. The van der Waals surface area contributed by atoms with Crippen molar-refractivity contribution in [1.82, 2.24) is 0 Å². The maximum atomic E-state index is 5.31. The molecule has 2 saturated carbocycles. The van der Waals surface area contributed by atoms with E-state index in [1.54, 1.807) is 0 Å². The van der Waals surface area contributed by atoms with Crippen molar-refractivity contribution in [2.24, 2.45) is 0 Å². The zero-order valence-corrected chi connectivity index (χ0v) is 9.44. The van der Waals surface area contributed by atoms with E-state index in [0.29, 0.717) is 0 Å². The maximum Gasteiger partial charge on any atom is 2.00 e. The summed E-state index contributed by atoms with van der Waals surface area (Å²) >= 11 is 5.31. The summed E-state index contributed by atoms with van der Waals surface area (Å²) in [6.07, 6.45) is 19.8. The van der Waals surface area contributed by atoms with E-state index in [4.69, 9.17) is 11.6 Å². The van der Waals surface area contributed by atoms with Crippen molar-refractivity contribution < 1.29 is 17.1 Å². The molecule has 0 aromatic rings. The molecule has 2 aliphatic carbocycles. The second-order valence-corrected chi connectivity index (χ2v) is 2.73. The van der Waals surface area contributed by atoms with Crippen molar-refractivity contribution in [3.63, 3.8) is 0 Å². The third-order valence-electron chi connectivity index (χ3n) is 1.50. The van der Waals surface area contributed by atoms with Crippen LogP contribution in [0.25, 0.3) is 0 Å². The molecule has 10 radical (unpaired) electrons. The van der Waals surface area contributed by atoms with Crippen LogP contribution in [0.4, 0.5) is 0 Å². The number of halogens is 1. The van der Waals surface area contributed by atoms with Gasteiger partial charge in [0.15, 0.2) is 0 Å². The van der Waals surface area contributed by atoms with Gasteiger partial charge in [-0.3, -0.25) is 0 Å². The zero-order valence-electron chi connectivity index (χ0n) is 7.58.